The van der Waals surface area contributed by atoms with E-state index in [4.69, 9.17) is 10.5 Å². The topological polar surface area (TPSA) is 64.3 Å². The summed E-state index contributed by atoms with van der Waals surface area (Å²) < 4.78 is 5.53. The standard InChI is InChI=1S/C10H12N2O2/c1-6-9(11)10(13)12-7-4-2-3-5-8(7)14-6/h2-6,9H,11H2,1H3,(H,12,13). The highest BCUT2D eigenvalue weighted by Gasteiger charge is 2.27. The highest BCUT2D eigenvalue weighted by Crippen LogP contribution is 2.27. The lowest BCUT2D eigenvalue weighted by atomic mass is 10.2. The number of fused-ring (bicyclic) bond motifs is 1. The van der Waals surface area contributed by atoms with Gasteiger partial charge in [0.1, 0.15) is 17.9 Å². The van der Waals surface area contributed by atoms with Crippen LogP contribution in [0.3, 0.4) is 0 Å². The summed E-state index contributed by atoms with van der Waals surface area (Å²) in [7, 11) is 0. The number of nitrogens with two attached hydrogens (primary N) is 1. The number of benzene rings is 1. The molecule has 14 heavy (non-hydrogen) atoms. The molecule has 1 amide bonds. The first-order valence-electron chi connectivity index (χ1n) is 4.50. The van der Waals surface area contributed by atoms with Crippen molar-refractivity contribution in [3.63, 3.8) is 0 Å². The number of hydrogen-bond acceptors (Lipinski definition) is 3. The first kappa shape index (κ1) is 9.02. The first-order valence-corrected chi connectivity index (χ1v) is 4.50. The number of ether oxygens (including phenoxy) is 1. The number of carbonyl (C=O) groups excluding carboxylic acids is 1. The third-order valence-corrected chi connectivity index (χ3v) is 2.27. The van der Waals surface area contributed by atoms with Gasteiger partial charge in [-0.2, -0.15) is 0 Å². The molecule has 0 aromatic heterocycles. The Morgan fingerprint density at radius 3 is 2.93 bits per heavy atom. The van der Waals surface area contributed by atoms with Crippen LogP contribution in [0.25, 0.3) is 0 Å². The molecule has 2 atom stereocenters. The molecule has 4 heteroatoms. The summed E-state index contributed by atoms with van der Waals surface area (Å²) in [6.07, 6.45) is -0.307. The van der Waals surface area contributed by atoms with E-state index >= 15 is 0 Å². The van der Waals surface area contributed by atoms with Gasteiger partial charge in [0.25, 0.3) is 0 Å². The van der Waals surface area contributed by atoms with Gasteiger partial charge in [0.15, 0.2) is 0 Å². The van der Waals surface area contributed by atoms with E-state index < -0.39 is 6.04 Å². The summed E-state index contributed by atoms with van der Waals surface area (Å²) >= 11 is 0. The van der Waals surface area contributed by atoms with Gasteiger partial charge in [-0.1, -0.05) is 12.1 Å². The Kier molecular flexibility index (Phi) is 2.13. The summed E-state index contributed by atoms with van der Waals surface area (Å²) in [4.78, 5) is 11.5. The number of hydrogen-bond donors (Lipinski definition) is 2. The molecule has 3 N–H and O–H groups in total. The average molecular weight is 192 g/mol. The third-order valence-electron chi connectivity index (χ3n) is 2.27. The predicted octanol–water partition coefficient (Wildman–Crippen LogP) is 0.733. The quantitative estimate of drug-likeness (QED) is 0.637. The molecule has 0 spiro atoms. The van der Waals surface area contributed by atoms with Crippen molar-refractivity contribution in [2.75, 3.05) is 5.32 Å². The van der Waals surface area contributed by atoms with Crippen molar-refractivity contribution >= 4 is 11.6 Å². The van der Waals surface area contributed by atoms with Gasteiger partial charge in [0.2, 0.25) is 5.91 Å². The van der Waals surface area contributed by atoms with Gasteiger partial charge in [-0.05, 0) is 19.1 Å². The molecule has 2 rings (SSSR count). The van der Waals surface area contributed by atoms with Crippen LogP contribution < -0.4 is 15.8 Å². The molecule has 2 unspecified atom stereocenters. The Labute approximate surface area is 82.1 Å². The van der Waals surface area contributed by atoms with Crippen LogP contribution in [0.2, 0.25) is 0 Å². The van der Waals surface area contributed by atoms with E-state index in [1.165, 1.54) is 0 Å². The second-order valence-electron chi connectivity index (χ2n) is 3.33. The van der Waals surface area contributed by atoms with Crippen molar-refractivity contribution < 1.29 is 9.53 Å². The van der Waals surface area contributed by atoms with E-state index in [-0.39, 0.29) is 12.0 Å². The molecule has 74 valence electrons. The maximum atomic E-state index is 11.5. The van der Waals surface area contributed by atoms with Gasteiger partial charge < -0.3 is 15.8 Å². The molecule has 1 aromatic carbocycles. The van der Waals surface area contributed by atoms with Crippen LogP contribution in [-0.4, -0.2) is 18.1 Å². The number of amides is 1. The summed E-state index contributed by atoms with van der Waals surface area (Å²) in [5.41, 5.74) is 6.34. The molecule has 0 fully saturated rings. The summed E-state index contributed by atoms with van der Waals surface area (Å²) in [6, 6.07) is 6.67. The second-order valence-corrected chi connectivity index (χ2v) is 3.33. The van der Waals surface area contributed by atoms with Crippen molar-refractivity contribution in [3.05, 3.63) is 24.3 Å². The van der Waals surface area contributed by atoms with Crippen molar-refractivity contribution in [1.29, 1.82) is 0 Å². The minimum Gasteiger partial charge on any atom is -0.486 e. The Balaban J connectivity index is 2.39. The molecule has 4 nitrogen and oxygen atoms in total. The minimum absolute atomic E-state index is 0.206. The SMILES string of the molecule is CC1Oc2ccccc2NC(=O)C1N. The predicted molar refractivity (Wildman–Crippen MR) is 53.1 cm³/mol. The van der Waals surface area contributed by atoms with Crippen LogP contribution in [0, 0.1) is 0 Å². The van der Waals surface area contributed by atoms with Gasteiger partial charge in [-0.15, -0.1) is 0 Å². The van der Waals surface area contributed by atoms with Gasteiger partial charge in [-0.3, -0.25) is 4.79 Å². The fourth-order valence-corrected chi connectivity index (χ4v) is 1.38. The molecule has 0 aliphatic carbocycles. The Bertz CT molecular complexity index is 365. The Morgan fingerprint density at radius 2 is 2.14 bits per heavy atom. The Hall–Kier alpha value is -1.55. The second kappa shape index (κ2) is 3.31. The largest absolute Gasteiger partial charge is 0.486 e. The molecule has 1 aromatic rings. The zero-order chi connectivity index (χ0) is 10.1. The summed E-state index contributed by atoms with van der Waals surface area (Å²) in [5.74, 6) is 0.462. The van der Waals surface area contributed by atoms with Gasteiger partial charge in [0, 0.05) is 0 Å². The van der Waals surface area contributed by atoms with Gasteiger partial charge in [-0.25, -0.2) is 0 Å². The van der Waals surface area contributed by atoms with E-state index in [0.29, 0.717) is 11.4 Å². The number of para-hydroxylation sites is 2. The lowest BCUT2D eigenvalue weighted by Crippen LogP contribution is -2.44. The van der Waals surface area contributed by atoms with Crippen LogP contribution in [0.4, 0.5) is 5.69 Å². The molecular formula is C10H12N2O2. The normalized spacial score (nSPS) is 25.7. The molecule has 1 aliphatic rings. The maximum Gasteiger partial charge on any atom is 0.245 e. The number of rotatable bonds is 0. The van der Waals surface area contributed by atoms with Crippen LogP contribution in [0.1, 0.15) is 6.92 Å². The smallest absolute Gasteiger partial charge is 0.245 e. The molecule has 1 heterocycles. The zero-order valence-electron chi connectivity index (χ0n) is 7.86. The van der Waals surface area contributed by atoms with Crippen molar-refractivity contribution in [3.8, 4) is 5.75 Å². The molecule has 0 saturated heterocycles. The molecule has 0 radical (unpaired) electrons. The van der Waals surface area contributed by atoms with E-state index in [1.54, 1.807) is 13.0 Å². The van der Waals surface area contributed by atoms with E-state index in [2.05, 4.69) is 5.32 Å². The van der Waals surface area contributed by atoms with Gasteiger partial charge >= 0.3 is 0 Å². The highest BCUT2D eigenvalue weighted by atomic mass is 16.5. The van der Waals surface area contributed by atoms with E-state index in [9.17, 15) is 4.79 Å². The minimum atomic E-state index is -0.623. The monoisotopic (exact) mass is 192 g/mol. The van der Waals surface area contributed by atoms with Crippen LogP contribution in [-0.2, 0) is 4.79 Å². The molecule has 1 aliphatic heterocycles. The molecular weight excluding hydrogens is 180 g/mol. The maximum absolute atomic E-state index is 11.5. The van der Waals surface area contributed by atoms with Crippen molar-refractivity contribution in [1.82, 2.24) is 0 Å². The number of anilines is 1. The average Bonchev–Trinajstić information content (AvgIpc) is 2.28. The lowest BCUT2D eigenvalue weighted by Gasteiger charge is -2.15. The van der Waals surface area contributed by atoms with Crippen LogP contribution in [0.5, 0.6) is 5.75 Å². The summed E-state index contributed by atoms with van der Waals surface area (Å²) in [6.45, 7) is 1.78. The Morgan fingerprint density at radius 1 is 1.43 bits per heavy atom. The van der Waals surface area contributed by atoms with Crippen molar-refractivity contribution in [2.45, 2.75) is 19.1 Å². The summed E-state index contributed by atoms with van der Waals surface area (Å²) in [5, 5.41) is 2.71. The number of carbonyl (C=O) groups is 1. The lowest BCUT2D eigenvalue weighted by molar-refractivity contribution is -0.118. The first-order chi connectivity index (χ1) is 6.68. The molecule has 0 bridgehead atoms. The van der Waals surface area contributed by atoms with E-state index in [1.807, 2.05) is 18.2 Å². The molecule has 0 saturated carbocycles. The third kappa shape index (κ3) is 1.44. The fourth-order valence-electron chi connectivity index (χ4n) is 1.38. The van der Waals surface area contributed by atoms with Crippen LogP contribution in [0.15, 0.2) is 24.3 Å². The van der Waals surface area contributed by atoms with Crippen LogP contribution >= 0.6 is 0 Å². The van der Waals surface area contributed by atoms with Crippen molar-refractivity contribution in [2.24, 2.45) is 5.73 Å². The van der Waals surface area contributed by atoms with E-state index in [0.717, 1.165) is 0 Å². The fraction of sp³-hybridized carbons (Fsp3) is 0.300. The van der Waals surface area contributed by atoms with Gasteiger partial charge in [0.05, 0.1) is 5.69 Å². The highest BCUT2D eigenvalue weighted by molar-refractivity contribution is 5.97. The zero-order valence-corrected chi connectivity index (χ0v) is 7.86. The number of nitrogens with one attached hydrogen (secondary N) is 1.